The molecule has 0 bridgehead atoms. The standard InChI is InChI=1S/C12H12F5NO2S/c1-2-20-10(19)11(13,14)9(18)7-3-5-8(6-4-7)21-12(15,16)17/h3-6,9H,2,18H2,1H3/t9-/m0/s1. The van der Waals surface area contributed by atoms with E-state index in [9.17, 15) is 26.7 Å². The monoisotopic (exact) mass is 329 g/mol. The molecule has 0 aromatic heterocycles. The molecule has 0 fully saturated rings. The summed E-state index contributed by atoms with van der Waals surface area (Å²) in [5, 5.41) is 0. The van der Waals surface area contributed by atoms with Crippen molar-refractivity contribution in [3.05, 3.63) is 29.8 Å². The molecule has 0 aliphatic rings. The summed E-state index contributed by atoms with van der Waals surface area (Å²) >= 11 is -0.377. The van der Waals surface area contributed by atoms with Crippen LogP contribution >= 0.6 is 11.8 Å². The lowest BCUT2D eigenvalue weighted by atomic mass is 10.0. The molecule has 1 aromatic carbocycles. The largest absolute Gasteiger partial charge is 0.462 e. The molecule has 1 atom stereocenters. The van der Waals surface area contributed by atoms with E-state index in [1.54, 1.807) is 0 Å². The van der Waals surface area contributed by atoms with Crippen molar-refractivity contribution in [2.45, 2.75) is 29.3 Å². The van der Waals surface area contributed by atoms with Gasteiger partial charge >= 0.3 is 17.4 Å². The Hall–Kier alpha value is -1.35. The maximum atomic E-state index is 13.7. The van der Waals surface area contributed by atoms with Crippen molar-refractivity contribution in [2.24, 2.45) is 5.73 Å². The fourth-order valence-electron chi connectivity index (χ4n) is 1.44. The van der Waals surface area contributed by atoms with Crippen LogP contribution in [0.1, 0.15) is 18.5 Å². The molecule has 0 unspecified atom stereocenters. The molecule has 0 aliphatic heterocycles. The minimum Gasteiger partial charge on any atom is -0.462 e. The second-order valence-electron chi connectivity index (χ2n) is 3.94. The predicted molar refractivity (Wildman–Crippen MR) is 66.9 cm³/mol. The Labute approximate surface area is 121 Å². The molecule has 118 valence electrons. The topological polar surface area (TPSA) is 52.3 Å². The first-order valence-electron chi connectivity index (χ1n) is 5.74. The summed E-state index contributed by atoms with van der Waals surface area (Å²) in [5.41, 5.74) is 0.661. The Morgan fingerprint density at radius 3 is 2.19 bits per heavy atom. The summed E-state index contributed by atoms with van der Waals surface area (Å²) in [5.74, 6) is -5.74. The van der Waals surface area contributed by atoms with E-state index >= 15 is 0 Å². The zero-order valence-electron chi connectivity index (χ0n) is 10.8. The zero-order valence-corrected chi connectivity index (χ0v) is 11.6. The number of carbonyl (C=O) groups is 1. The third kappa shape index (κ3) is 4.85. The molecular weight excluding hydrogens is 317 g/mol. The van der Waals surface area contributed by atoms with Crippen molar-refractivity contribution in [3.63, 3.8) is 0 Å². The minimum absolute atomic E-state index is 0.167. The van der Waals surface area contributed by atoms with Gasteiger partial charge in [0.25, 0.3) is 0 Å². The van der Waals surface area contributed by atoms with Crippen LogP contribution in [0.15, 0.2) is 29.2 Å². The van der Waals surface area contributed by atoms with Gasteiger partial charge in [0.15, 0.2) is 0 Å². The first kappa shape index (κ1) is 17.7. The summed E-state index contributed by atoms with van der Waals surface area (Å²) in [6.45, 7) is 1.13. The number of rotatable bonds is 5. The molecule has 9 heteroatoms. The van der Waals surface area contributed by atoms with E-state index in [4.69, 9.17) is 5.73 Å². The van der Waals surface area contributed by atoms with Crippen LogP contribution in [0.3, 0.4) is 0 Å². The quantitative estimate of drug-likeness (QED) is 0.510. The normalized spacial score (nSPS) is 13.9. The molecule has 0 radical (unpaired) electrons. The summed E-state index contributed by atoms with van der Waals surface area (Å²) in [6, 6.07) is 2.06. The first-order chi connectivity index (χ1) is 9.58. The highest BCUT2D eigenvalue weighted by molar-refractivity contribution is 8.00. The Balaban J connectivity index is 2.88. The van der Waals surface area contributed by atoms with Gasteiger partial charge in [0.2, 0.25) is 0 Å². The van der Waals surface area contributed by atoms with Crippen LogP contribution < -0.4 is 5.73 Å². The van der Waals surface area contributed by atoms with Gasteiger partial charge in [-0.2, -0.15) is 22.0 Å². The van der Waals surface area contributed by atoms with Crippen molar-refractivity contribution in [1.82, 2.24) is 0 Å². The molecule has 0 saturated carbocycles. The van der Waals surface area contributed by atoms with Crippen LogP contribution in [-0.2, 0) is 9.53 Å². The van der Waals surface area contributed by atoms with E-state index < -0.39 is 23.4 Å². The third-order valence-electron chi connectivity index (χ3n) is 2.41. The smallest absolute Gasteiger partial charge is 0.446 e. The van der Waals surface area contributed by atoms with Gasteiger partial charge in [0.1, 0.15) is 6.04 Å². The van der Waals surface area contributed by atoms with Crippen LogP contribution in [-0.4, -0.2) is 24.0 Å². The van der Waals surface area contributed by atoms with Gasteiger partial charge < -0.3 is 10.5 Å². The van der Waals surface area contributed by atoms with Gasteiger partial charge in [0, 0.05) is 4.90 Å². The third-order valence-corrected chi connectivity index (χ3v) is 3.15. The van der Waals surface area contributed by atoms with Crippen molar-refractivity contribution < 1.29 is 31.5 Å². The van der Waals surface area contributed by atoms with E-state index in [-0.39, 0.29) is 28.8 Å². The van der Waals surface area contributed by atoms with Gasteiger partial charge in [-0.05, 0) is 36.4 Å². The van der Waals surface area contributed by atoms with Crippen LogP contribution in [0.2, 0.25) is 0 Å². The van der Waals surface area contributed by atoms with Crippen LogP contribution in [0.4, 0.5) is 22.0 Å². The van der Waals surface area contributed by atoms with E-state index in [1.807, 2.05) is 0 Å². The molecule has 1 rings (SSSR count). The molecule has 1 aromatic rings. The molecular formula is C12H12F5NO2S. The molecule has 0 heterocycles. The number of hydrogen-bond acceptors (Lipinski definition) is 4. The fourth-order valence-corrected chi connectivity index (χ4v) is 1.98. The number of carbonyl (C=O) groups excluding carboxylic acids is 1. The number of benzene rings is 1. The number of thioether (sulfide) groups is 1. The van der Waals surface area contributed by atoms with Gasteiger partial charge in [-0.3, -0.25) is 0 Å². The van der Waals surface area contributed by atoms with Gasteiger partial charge in [-0.25, -0.2) is 4.79 Å². The molecule has 0 aliphatic carbocycles. The number of nitrogens with two attached hydrogens (primary N) is 1. The van der Waals surface area contributed by atoms with E-state index in [2.05, 4.69) is 4.74 Å². The van der Waals surface area contributed by atoms with E-state index in [1.165, 1.54) is 6.92 Å². The number of hydrogen-bond donors (Lipinski definition) is 1. The van der Waals surface area contributed by atoms with Crippen LogP contribution in [0, 0.1) is 0 Å². The summed E-state index contributed by atoms with van der Waals surface area (Å²) < 4.78 is 68.0. The van der Waals surface area contributed by atoms with Crippen molar-refractivity contribution in [3.8, 4) is 0 Å². The number of alkyl halides is 5. The highest BCUT2D eigenvalue weighted by Crippen LogP contribution is 2.38. The van der Waals surface area contributed by atoms with Gasteiger partial charge in [0.05, 0.1) is 6.61 Å². The molecule has 2 N–H and O–H groups in total. The second-order valence-corrected chi connectivity index (χ2v) is 5.08. The predicted octanol–water partition coefficient (Wildman–Crippen LogP) is 3.50. The van der Waals surface area contributed by atoms with Crippen LogP contribution in [0.5, 0.6) is 0 Å². The lowest BCUT2D eigenvalue weighted by Gasteiger charge is -2.22. The zero-order chi connectivity index (χ0) is 16.3. The fraction of sp³-hybridized carbons (Fsp3) is 0.417. The second kappa shape index (κ2) is 6.61. The lowest BCUT2D eigenvalue weighted by Crippen LogP contribution is -2.41. The molecule has 3 nitrogen and oxygen atoms in total. The molecule has 0 amide bonds. The Morgan fingerprint density at radius 2 is 1.76 bits per heavy atom. The Bertz CT molecular complexity index is 489. The minimum atomic E-state index is -4.47. The summed E-state index contributed by atoms with van der Waals surface area (Å²) in [4.78, 5) is 11.0. The van der Waals surface area contributed by atoms with Gasteiger partial charge in [-0.1, -0.05) is 12.1 Å². The summed E-state index contributed by atoms with van der Waals surface area (Å²) in [7, 11) is 0. The number of ether oxygens (including phenoxy) is 1. The maximum absolute atomic E-state index is 13.7. The molecule has 0 saturated heterocycles. The first-order valence-corrected chi connectivity index (χ1v) is 6.56. The number of esters is 1. The highest BCUT2D eigenvalue weighted by atomic mass is 32.2. The van der Waals surface area contributed by atoms with Gasteiger partial charge in [-0.15, -0.1) is 0 Å². The van der Waals surface area contributed by atoms with Crippen LogP contribution in [0.25, 0.3) is 0 Å². The van der Waals surface area contributed by atoms with Crippen molar-refractivity contribution in [2.75, 3.05) is 6.61 Å². The van der Waals surface area contributed by atoms with E-state index in [0.717, 1.165) is 24.3 Å². The average Bonchev–Trinajstić information content (AvgIpc) is 2.37. The average molecular weight is 329 g/mol. The summed E-state index contributed by atoms with van der Waals surface area (Å²) in [6.07, 6.45) is 0. The van der Waals surface area contributed by atoms with Crippen molar-refractivity contribution >= 4 is 17.7 Å². The molecule has 0 spiro atoms. The number of halogens is 5. The maximum Gasteiger partial charge on any atom is 0.446 e. The Kier molecular flexibility index (Phi) is 5.57. The lowest BCUT2D eigenvalue weighted by molar-refractivity contribution is -0.174. The molecule has 21 heavy (non-hydrogen) atoms. The van der Waals surface area contributed by atoms with Crippen molar-refractivity contribution in [1.29, 1.82) is 0 Å². The highest BCUT2D eigenvalue weighted by Gasteiger charge is 2.47. The Morgan fingerprint density at radius 1 is 1.24 bits per heavy atom. The SMILES string of the molecule is CCOC(=O)C(F)(F)[C@@H](N)c1ccc(SC(F)(F)F)cc1. The van der Waals surface area contributed by atoms with E-state index in [0.29, 0.717) is 0 Å².